The highest BCUT2D eigenvalue weighted by molar-refractivity contribution is 5.92. The number of likely N-dealkylation sites (tertiary alicyclic amines) is 1. The number of hydrogen-bond donors (Lipinski definition) is 1. The van der Waals surface area contributed by atoms with Crippen LogP contribution in [0.15, 0.2) is 28.8 Å². The van der Waals surface area contributed by atoms with Crippen molar-refractivity contribution in [1.29, 1.82) is 0 Å². The molecule has 27 heavy (non-hydrogen) atoms. The zero-order valence-corrected chi connectivity index (χ0v) is 16.3. The number of carbonyl (C=O) groups is 1. The van der Waals surface area contributed by atoms with Gasteiger partial charge in [0.15, 0.2) is 6.39 Å². The highest BCUT2D eigenvalue weighted by atomic mass is 16.3. The molecular weight excluding hydrogens is 342 g/mol. The second-order valence-corrected chi connectivity index (χ2v) is 7.80. The molecule has 7 nitrogen and oxygen atoms in total. The summed E-state index contributed by atoms with van der Waals surface area (Å²) in [4.78, 5) is 29.3. The number of nitrogens with one attached hydrogen (secondary N) is 1. The number of aromatic nitrogens is 3. The molecule has 0 bridgehead atoms. The summed E-state index contributed by atoms with van der Waals surface area (Å²) in [5.74, 6) is 0.296. The van der Waals surface area contributed by atoms with Crippen molar-refractivity contribution in [3.63, 3.8) is 0 Å². The predicted octanol–water partition coefficient (Wildman–Crippen LogP) is 2.66. The minimum absolute atomic E-state index is 0.0613. The molecule has 0 radical (unpaired) electrons. The molecule has 0 saturated carbocycles. The summed E-state index contributed by atoms with van der Waals surface area (Å²) >= 11 is 0. The third kappa shape index (κ3) is 3.10. The van der Waals surface area contributed by atoms with Gasteiger partial charge >= 0.3 is 0 Å². The Labute approximate surface area is 159 Å². The van der Waals surface area contributed by atoms with Crippen molar-refractivity contribution in [1.82, 2.24) is 24.8 Å². The van der Waals surface area contributed by atoms with Crippen molar-refractivity contribution in [3.8, 4) is 0 Å². The number of H-pyrrole nitrogens is 1. The zero-order chi connectivity index (χ0) is 19.0. The van der Waals surface area contributed by atoms with Gasteiger partial charge in [-0.05, 0) is 33.6 Å². The SMILES string of the molecule is CC(C)=CCN1CCc2[nH]cnc2C12CCN(C(=O)c1ocnc1C)CC2. The Bertz CT molecular complexity index is 853. The minimum Gasteiger partial charge on any atom is -0.438 e. The van der Waals surface area contributed by atoms with Crippen molar-refractivity contribution in [2.24, 2.45) is 0 Å². The van der Waals surface area contributed by atoms with Crippen molar-refractivity contribution >= 4 is 5.91 Å². The van der Waals surface area contributed by atoms with E-state index in [1.165, 1.54) is 23.4 Å². The van der Waals surface area contributed by atoms with E-state index in [2.05, 4.69) is 34.8 Å². The Morgan fingerprint density at radius 1 is 1.30 bits per heavy atom. The molecule has 2 aromatic heterocycles. The van der Waals surface area contributed by atoms with E-state index in [9.17, 15) is 4.79 Å². The standard InChI is InChI=1S/C20H27N5O2/c1-14(2)4-8-25-9-5-16-18(22-12-21-16)20(25)6-10-24(11-7-20)19(26)17-15(3)23-13-27-17/h4,12-13H,5-11H2,1-3H3,(H,21,22). The number of nitrogens with zero attached hydrogens (tertiary/aromatic N) is 4. The summed E-state index contributed by atoms with van der Waals surface area (Å²) in [5.41, 5.74) is 4.28. The van der Waals surface area contributed by atoms with Crippen molar-refractivity contribution in [2.75, 3.05) is 26.2 Å². The van der Waals surface area contributed by atoms with Crippen LogP contribution in [0.3, 0.4) is 0 Å². The van der Waals surface area contributed by atoms with E-state index in [1.54, 1.807) is 6.92 Å². The zero-order valence-electron chi connectivity index (χ0n) is 16.3. The van der Waals surface area contributed by atoms with Crippen LogP contribution in [0.5, 0.6) is 0 Å². The lowest BCUT2D eigenvalue weighted by atomic mass is 9.78. The Morgan fingerprint density at radius 3 is 2.74 bits per heavy atom. The number of carbonyl (C=O) groups excluding carboxylic acids is 1. The maximum Gasteiger partial charge on any atom is 0.291 e. The summed E-state index contributed by atoms with van der Waals surface area (Å²) in [6.07, 6.45) is 8.18. The number of oxazole rings is 1. The summed E-state index contributed by atoms with van der Waals surface area (Å²) in [6.45, 7) is 9.39. The van der Waals surface area contributed by atoms with Crippen LogP contribution in [0.4, 0.5) is 0 Å². The van der Waals surface area contributed by atoms with Crippen LogP contribution in [-0.2, 0) is 12.0 Å². The molecule has 7 heteroatoms. The fraction of sp³-hybridized carbons (Fsp3) is 0.550. The second-order valence-electron chi connectivity index (χ2n) is 7.80. The molecule has 0 aliphatic carbocycles. The number of rotatable bonds is 3. The van der Waals surface area contributed by atoms with Crippen LogP contribution in [-0.4, -0.2) is 56.8 Å². The molecule has 1 amide bonds. The third-order valence-corrected chi connectivity index (χ3v) is 5.93. The summed E-state index contributed by atoms with van der Waals surface area (Å²) in [5, 5.41) is 0. The molecule has 1 spiro atoms. The summed E-state index contributed by atoms with van der Waals surface area (Å²) < 4.78 is 5.31. The lowest BCUT2D eigenvalue weighted by Crippen LogP contribution is -2.57. The van der Waals surface area contributed by atoms with Gasteiger partial charge in [-0.3, -0.25) is 9.69 Å². The molecule has 0 aromatic carbocycles. The largest absolute Gasteiger partial charge is 0.438 e. The Balaban J connectivity index is 1.57. The predicted molar refractivity (Wildman–Crippen MR) is 101 cm³/mol. The van der Waals surface area contributed by atoms with Gasteiger partial charge in [-0.15, -0.1) is 0 Å². The lowest BCUT2D eigenvalue weighted by Gasteiger charge is -2.50. The van der Waals surface area contributed by atoms with Gasteiger partial charge < -0.3 is 14.3 Å². The number of amides is 1. The van der Waals surface area contributed by atoms with Gasteiger partial charge in [0.05, 0.1) is 23.3 Å². The van der Waals surface area contributed by atoms with Gasteiger partial charge in [0, 0.05) is 38.3 Å². The molecule has 0 atom stereocenters. The van der Waals surface area contributed by atoms with E-state index < -0.39 is 0 Å². The monoisotopic (exact) mass is 369 g/mol. The van der Waals surface area contributed by atoms with E-state index in [1.807, 2.05) is 11.2 Å². The van der Waals surface area contributed by atoms with Gasteiger partial charge in [0.2, 0.25) is 5.76 Å². The highest BCUT2D eigenvalue weighted by Crippen LogP contribution is 2.42. The fourth-order valence-electron chi connectivity index (χ4n) is 4.37. The first kappa shape index (κ1) is 18.0. The quantitative estimate of drug-likeness (QED) is 0.842. The van der Waals surface area contributed by atoms with Crippen LogP contribution in [0.1, 0.15) is 54.3 Å². The average molecular weight is 369 g/mol. The molecule has 4 rings (SSSR count). The van der Waals surface area contributed by atoms with Crippen LogP contribution in [0.2, 0.25) is 0 Å². The molecule has 0 unspecified atom stereocenters. The number of piperidine rings is 1. The lowest BCUT2D eigenvalue weighted by molar-refractivity contribution is 0.0127. The molecule has 4 heterocycles. The molecule has 2 aliphatic rings. The van der Waals surface area contributed by atoms with E-state index in [-0.39, 0.29) is 11.4 Å². The first-order chi connectivity index (χ1) is 13.0. The highest BCUT2D eigenvalue weighted by Gasteiger charge is 2.47. The third-order valence-electron chi connectivity index (χ3n) is 5.93. The first-order valence-electron chi connectivity index (χ1n) is 9.62. The molecule has 2 aliphatic heterocycles. The molecule has 1 saturated heterocycles. The van der Waals surface area contributed by atoms with Gasteiger partial charge in [-0.1, -0.05) is 11.6 Å². The first-order valence-corrected chi connectivity index (χ1v) is 9.62. The van der Waals surface area contributed by atoms with Crippen molar-refractivity contribution < 1.29 is 9.21 Å². The molecule has 1 N–H and O–H groups in total. The maximum absolute atomic E-state index is 12.8. The Hall–Kier alpha value is -2.41. The van der Waals surface area contributed by atoms with Gasteiger partial charge in [-0.25, -0.2) is 9.97 Å². The molecule has 144 valence electrons. The van der Waals surface area contributed by atoms with Crippen LogP contribution in [0, 0.1) is 6.92 Å². The fourth-order valence-corrected chi connectivity index (χ4v) is 4.37. The van der Waals surface area contributed by atoms with Crippen LogP contribution < -0.4 is 0 Å². The maximum atomic E-state index is 12.8. The molecule has 1 fully saturated rings. The smallest absolute Gasteiger partial charge is 0.291 e. The Kier molecular flexibility index (Phi) is 4.63. The average Bonchev–Trinajstić information content (AvgIpc) is 3.30. The summed E-state index contributed by atoms with van der Waals surface area (Å²) in [7, 11) is 0. The van der Waals surface area contributed by atoms with Crippen LogP contribution in [0.25, 0.3) is 0 Å². The number of aryl methyl sites for hydroxylation is 1. The van der Waals surface area contributed by atoms with Crippen molar-refractivity contribution in [2.45, 2.75) is 45.6 Å². The van der Waals surface area contributed by atoms with Gasteiger partial charge in [-0.2, -0.15) is 0 Å². The van der Waals surface area contributed by atoms with E-state index >= 15 is 0 Å². The normalized spacial score (nSPS) is 19.1. The van der Waals surface area contributed by atoms with E-state index in [0.717, 1.165) is 32.4 Å². The van der Waals surface area contributed by atoms with E-state index in [4.69, 9.17) is 9.40 Å². The summed E-state index contributed by atoms with van der Waals surface area (Å²) in [6, 6.07) is 0. The topological polar surface area (TPSA) is 78.3 Å². The van der Waals surface area contributed by atoms with Gasteiger partial charge in [0.1, 0.15) is 0 Å². The van der Waals surface area contributed by atoms with E-state index in [0.29, 0.717) is 24.5 Å². The van der Waals surface area contributed by atoms with Gasteiger partial charge in [0.25, 0.3) is 5.91 Å². The number of hydrogen-bond acceptors (Lipinski definition) is 5. The second kappa shape index (κ2) is 6.96. The molecule has 2 aromatic rings. The minimum atomic E-state index is -0.104. The number of aromatic amines is 1. The number of imidazole rings is 1. The number of fused-ring (bicyclic) bond motifs is 2. The molecular formula is C20H27N5O2. The van der Waals surface area contributed by atoms with Crippen molar-refractivity contribution in [3.05, 3.63) is 47.2 Å². The Morgan fingerprint density at radius 2 is 2.07 bits per heavy atom. The number of allylic oxidation sites excluding steroid dienone is 1. The van der Waals surface area contributed by atoms with Crippen LogP contribution >= 0.6 is 0 Å².